The van der Waals surface area contributed by atoms with Crippen molar-refractivity contribution in [3.05, 3.63) is 11.6 Å². The minimum Gasteiger partial charge on any atom is -0.349 e. The van der Waals surface area contributed by atoms with Gasteiger partial charge in [0, 0.05) is 12.0 Å². The number of carbonyl (C=O) groups is 1. The van der Waals surface area contributed by atoms with Gasteiger partial charge in [-0.15, -0.1) is 5.10 Å². The van der Waals surface area contributed by atoms with Crippen LogP contribution in [0.2, 0.25) is 0 Å². The van der Waals surface area contributed by atoms with Crippen LogP contribution in [0, 0.1) is 5.92 Å². The normalized spacial score (nSPS) is 13.5. The highest BCUT2D eigenvalue weighted by Gasteiger charge is 2.21. The Balaban J connectivity index is 2.61. The summed E-state index contributed by atoms with van der Waals surface area (Å²) in [4.78, 5) is 16.0. The zero-order chi connectivity index (χ0) is 13.1. The van der Waals surface area contributed by atoms with Crippen LogP contribution in [0.4, 0.5) is 0 Å². The molecule has 0 fully saturated rings. The van der Waals surface area contributed by atoms with Crippen LogP contribution in [0.15, 0.2) is 0 Å². The van der Waals surface area contributed by atoms with Crippen LogP contribution in [0.25, 0.3) is 0 Å². The molecule has 5 nitrogen and oxygen atoms in total. The van der Waals surface area contributed by atoms with E-state index in [1.54, 1.807) is 0 Å². The summed E-state index contributed by atoms with van der Waals surface area (Å²) in [6.07, 6.45) is 1.04. The Hall–Kier alpha value is -1.39. The van der Waals surface area contributed by atoms with E-state index in [0.717, 1.165) is 12.2 Å². The molecule has 0 aliphatic rings. The molecule has 1 heterocycles. The van der Waals surface area contributed by atoms with Gasteiger partial charge in [-0.05, 0) is 5.92 Å². The predicted octanol–water partition coefficient (Wildman–Crippen LogP) is 1.88. The maximum Gasteiger partial charge on any atom is 0.290 e. The molecule has 1 aromatic rings. The molecule has 1 unspecified atom stereocenters. The van der Waals surface area contributed by atoms with Crippen LogP contribution in [-0.2, 0) is 5.41 Å². The number of H-pyrrole nitrogens is 1. The fraction of sp³-hybridized carbons (Fsp3) is 0.750. The second kappa shape index (κ2) is 5.29. The topological polar surface area (TPSA) is 70.7 Å². The number of aromatic nitrogens is 3. The maximum absolute atomic E-state index is 11.7. The minimum atomic E-state index is -0.211. The fourth-order valence-corrected chi connectivity index (χ4v) is 1.19. The lowest BCUT2D eigenvalue weighted by molar-refractivity contribution is 0.0937. The second-order valence-electron chi connectivity index (χ2n) is 5.48. The molecule has 1 aromatic heterocycles. The molecule has 17 heavy (non-hydrogen) atoms. The summed E-state index contributed by atoms with van der Waals surface area (Å²) < 4.78 is 0. The summed E-state index contributed by atoms with van der Waals surface area (Å²) in [5.41, 5.74) is -0.123. The molecule has 96 valence electrons. The van der Waals surface area contributed by atoms with Gasteiger partial charge in [0.05, 0.1) is 0 Å². The summed E-state index contributed by atoms with van der Waals surface area (Å²) in [6.45, 7) is 10.9. The monoisotopic (exact) mass is 238 g/mol. The first kappa shape index (κ1) is 13.7. The lowest BCUT2D eigenvalue weighted by atomic mass is 9.96. The largest absolute Gasteiger partial charge is 0.349 e. The third-order valence-electron chi connectivity index (χ3n) is 2.71. The van der Waals surface area contributed by atoms with Crippen molar-refractivity contribution in [3.8, 4) is 0 Å². The van der Waals surface area contributed by atoms with Crippen molar-refractivity contribution in [2.45, 2.75) is 46.5 Å². The first-order valence-corrected chi connectivity index (χ1v) is 6.05. The van der Waals surface area contributed by atoms with Crippen molar-refractivity contribution in [2.75, 3.05) is 6.54 Å². The molecule has 1 amide bonds. The number of hydrogen-bond donors (Lipinski definition) is 2. The van der Waals surface area contributed by atoms with Gasteiger partial charge in [-0.25, -0.2) is 4.98 Å². The Morgan fingerprint density at radius 1 is 1.47 bits per heavy atom. The quantitative estimate of drug-likeness (QED) is 0.841. The second-order valence-corrected chi connectivity index (χ2v) is 5.48. The van der Waals surface area contributed by atoms with Crippen molar-refractivity contribution in [2.24, 2.45) is 5.92 Å². The van der Waals surface area contributed by atoms with Crippen LogP contribution in [0.1, 0.15) is 57.5 Å². The highest BCUT2D eigenvalue weighted by molar-refractivity contribution is 5.90. The molecule has 2 N–H and O–H groups in total. The summed E-state index contributed by atoms with van der Waals surface area (Å²) >= 11 is 0. The number of hydrogen-bond acceptors (Lipinski definition) is 3. The third-order valence-corrected chi connectivity index (χ3v) is 2.71. The predicted molar refractivity (Wildman–Crippen MR) is 66.9 cm³/mol. The Bertz CT molecular complexity index is 378. The van der Waals surface area contributed by atoms with Crippen LogP contribution in [-0.4, -0.2) is 27.6 Å². The van der Waals surface area contributed by atoms with Gasteiger partial charge in [-0.2, -0.15) is 0 Å². The Morgan fingerprint density at radius 3 is 2.59 bits per heavy atom. The standard InChI is InChI=1S/C12H22N4O/c1-6-8(2)7-13-10(17)9-14-11(16-15-9)12(3,4)5/h8H,6-7H2,1-5H3,(H,13,17)(H,14,15,16). The Morgan fingerprint density at radius 2 is 2.12 bits per heavy atom. The molecule has 0 aliphatic heterocycles. The van der Waals surface area contributed by atoms with E-state index in [1.165, 1.54) is 0 Å². The van der Waals surface area contributed by atoms with Gasteiger partial charge in [0.25, 0.3) is 5.91 Å². The summed E-state index contributed by atoms with van der Waals surface area (Å²) in [5.74, 6) is 1.21. The molecule has 0 aliphatic carbocycles. The first-order valence-electron chi connectivity index (χ1n) is 6.05. The van der Waals surface area contributed by atoms with Crippen molar-refractivity contribution in [1.82, 2.24) is 20.5 Å². The number of nitrogens with zero attached hydrogens (tertiary/aromatic N) is 2. The molecular weight excluding hydrogens is 216 g/mol. The molecule has 0 saturated heterocycles. The van der Waals surface area contributed by atoms with Gasteiger partial charge >= 0.3 is 0 Å². The van der Waals surface area contributed by atoms with Crippen molar-refractivity contribution in [3.63, 3.8) is 0 Å². The van der Waals surface area contributed by atoms with E-state index >= 15 is 0 Å². The van der Waals surface area contributed by atoms with E-state index in [-0.39, 0.29) is 17.1 Å². The van der Waals surface area contributed by atoms with Gasteiger partial charge in [0.2, 0.25) is 5.82 Å². The van der Waals surface area contributed by atoms with Crippen molar-refractivity contribution >= 4 is 5.91 Å². The zero-order valence-electron chi connectivity index (χ0n) is 11.3. The SMILES string of the molecule is CCC(C)CNC(=O)c1n[nH]c(C(C)(C)C)n1. The van der Waals surface area contributed by atoms with Crippen LogP contribution in [0.3, 0.4) is 0 Å². The number of aromatic amines is 1. The Labute approximate surface area is 102 Å². The lowest BCUT2D eigenvalue weighted by Crippen LogP contribution is -2.29. The number of rotatable bonds is 4. The summed E-state index contributed by atoms with van der Waals surface area (Å²) in [6, 6.07) is 0. The van der Waals surface area contributed by atoms with Gasteiger partial charge < -0.3 is 5.32 Å². The highest BCUT2D eigenvalue weighted by Crippen LogP contribution is 2.17. The molecule has 0 bridgehead atoms. The van der Waals surface area contributed by atoms with E-state index in [1.807, 2.05) is 20.8 Å². The third kappa shape index (κ3) is 3.84. The van der Waals surface area contributed by atoms with E-state index in [2.05, 4.69) is 34.3 Å². The number of amides is 1. The van der Waals surface area contributed by atoms with Crippen molar-refractivity contribution in [1.29, 1.82) is 0 Å². The molecule has 0 aromatic carbocycles. The average molecular weight is 238 g/mol. The lowest BCUT2D eigenvalue weighted by Gasteiger charge is -2.12. The smallest absolute Gasteiger partial charge is 0.290 e. The number of carbonyl (C=O) groups excluding carboxylic acids is 1. The number of nitrogens with one attached hydrogen (secondary N) is 2. The van der Waals surface area contributed by atoms with Crippen LogP contribution >= 0.6 is 0 Å². The van der Waals surface area contributed by atoms with Crippen LogP contribution < -0.4 is 5.32 Å². The average Bonchev–Trinajstić information content (AvgIpc) is 2.74. The molecule has 1 atom stereocenters. The fourth-order valence-electron chi connectivity index (χ4n) is 1.19. The van der Waals surface area contributed by atoms with Crippen molar-refractivity contribution < 1.29 is 4.79 Å². The molecule has 0 radical (unpaired) electrons. The molecule has 0 saturated carbocycles. The van der Waals surface area contributed by atoms with Gasteiger partial charge in [-0.1, -0.05) is 41.0 Å². The van der Waals surface area contributed by atoms with Crippen LogP contribution in [0.5, 0.6) is 0 Å². The zero-order valence-corrected chi connectivity index (χ0v) is 11.3. The molecule has 5 heteroatoms. The summed E-state index contributed by atoms with van der Waals surface area (Å²) in [7, 11) is 0. The maximum atomic E-state index is 11.7. The molecular formula is C12H22N4O. The van der Waals surface area contributed by atoms with E-state index < -0.39 is 0 Å². The van der Waals surface area contributed by atoms with E-state index in [9.17, 15) is 4.79 Å². The van der Waals surface area contributed by atoms with E-state index in [4.69, 9.17) is 0 Å². The summed E-state index contributed by atoms with van der Waals surface area (Å²) in [5, 5.41) is 9.57. The Kier molecular flexibility index (Phi) is 4.26. The minimum absolute atomic E-state index is 0.123. The molecule has 1 rings (SSSR count). The van der Waals surface area contributed by atoms with Gasteiger partial charge in [-0.3, -0.25) is 9.89 Å². The molecule has 0 spiro atoms. The highest BCUT2D eigenvalue weighted by atomic mass is 16.2. The van der Waals surface area contributed by atoms with E-state index in [0.29, 0.717) is 12.5 Å². The van der Waals surface area contributed by atoms with Gasteiger partial charge in [0.1, 0.15) is 5.82 Å². The first-order chi connectivity index (χ1) is 7.84. The van der Waals surface area contributed by atoms with Gasteiger partial charge in [0.15, 0.2) is 0 Å².